The standard InChI is InChI=1S/C24H33FN4O4S/c1-18-24(34(31,32)27-12-14-33-15-13-27)19(2)29(26-18)17-23(30)28(22-6-4-3-5-7-22)16-20-8-10-21(25)11-9-20/h8-11,22H,3-7,12-17H2,1-2H3. The Morgan fingerprint density at radius 2 is 1.76 bits per heavy atom. The maximum atomic E-state index is 13.5. The summed E-state index contributed by atoms with van der Waals surface area (Å²) in [6.07, 6.45) is 5.16. The van der Waals surface area contributed by atoms with Crippen LogP contribution in [0.1, 0.15) is 49.1 Å². The average Bonchev–Trinajstić information content (AvgIpc) is 3.12. The van der Waals surface area contributed by atoms with Gasteiger partial charge in [-0.2, -0.15) is 9.40 Å². The number of halogens is 1. The molecule has 1 aliphatic carbocycles. The summed E-state index contributed by atoms with van der Waals surface area (Å²) in [5.74, 6) is -0.423. The topological polar surface area (TPSA) is 84.7 Å². The van der Waals surface area contributed by atoms with Crippen molar-refractivity contribution in [2.45, 2.75) is 70.0 Å². The Morgan fingerprint density at radius 3 is 2.41 bits per heavy atom. The van der Waals surface area contributed by atoms with Crippen molar-refractivity contribution >= 4 is 15.9 Å². The number of aryl methyl sites for hydroxylation is 1. The van der Waals surface area contributed by atoms with E-state index in [2.05, 4.69) is 5.10 Å². The van der Waals surface area contributed by atoms with Gasteiger partial charge in [0.05, 0.1) is 24.6 Å². The fraction of sp³-hybridized carbons (Fsp3) is 0.583. The lowest BCUT2D eigenvalue weighted by Gasteiger charge is -2.34. The van der Waals surface area contributed by atoms with Crippen LogP contribution in [0.4, 0.5) is 4.39 Å². The molecule has 1 amide bonds. The predicted molar refractivity (Wildman–Crippen MR) is 125 cm³/mol. The zero-order chi connectivity index (χ0) is 24.3. The lowest BCUT2D eigenvalue weighted by atomic mass is 9.93. The summed E-state index contributed by atoms with van der Waals surface area (Å²) in [6.45, 7) is 5.06. The number of carbonyl (C=O) groups is 1. The van der Waals surface area contributed by atoms with Crippen LogP contribution in [0.15, 0.2) is 29.2 Å². The zero-order valence-corrected chi connectivity index (χ0v) is 20.7. The SMILES string of the molecule is Cc1nn(CC(=O)N(Cc2ccc(F)cc2)C2CCCCC2)c(C)c1S(=O)(=O)N1CCOCC1. The van der Waals surface area contributed by atoms with E-state index in [1.807, 2.05) is 4.90 Å². The monoisotopic (exact) mass is 492 g/mol. The summed E-state index contributed by atoms with van der Waals surface area (Å²) >= 11 is 0. The van der Waals surface area contributed by atoms with E-state index in [-0.39, 0.29) is 29.2 Å². The number of ether oxygens (including phenoxy) is 1. The molecule has 186 valence electrons. The van der Waals surface area contributed by atoms with Crippen LogP contribution in [0.2, 0.25) is 0 Å². The Balaban J connectivity index is 1.57. The summed E-state index contributed by atoms with van der Waals surface area (Å²) in [5.41, 5.74) is 1.71. The summed E-state index contributed by atoms with van der Waals surface area (Å²) in [5, 5.41) is 4.44. The van der Waals surface area contributed by atoms with Crippen molar-refractivity contribution in [1.82, 2.24) is 19.0 Å². The van der Waals surface area contributed by atoms with E-state index in [9.17, 15) is 17.6 Å². The van der Waals surface area contributed by atoms with Gasteiger partial charge in [0.25, 0.3) is 0 Å². The summed E-state index contributed by atoms with van der Waals surface area (Å²) in [6, 6.07) is 6.33. The smallest absolute Gasteiger partial charge is 0.246 e. The normalized spacial score (nSPS) is 18.2. The largest absolute Gasteiger partial charge is 0.379 e. The van der Waals surface area contributed by atoms with Crippen LogP contribution in [-0.4, -0.2) is 65.7 Å². The second-order valence-corrected chi connectivity index (χ2v) is 11.0. The van der Waals surface area contributed by atoms with E-state index in [0.717, 1.165) is 37.7 Å². The van der Waals surface area contributed by atoms with E-state index >= 15 is 0 Å². The molecule has 2 aromatic rings. The van der Waals surface area contributed by atoms with Crippen molar-refractivity contribution in [2.24, 2.45) is 0 Å². The third-order valence-electron chi connectivity index (χ3n) is 6.77. The molecule has 1 aromatic carbocycles. The van der Waals surface area contributed by atoms with Crippen molar-refractivity contribution in [3.05, 3.63) is 47.0 Å². The summed E-state index contributed by atoms with van der Waals surface area (Å²) in [7, 11) is -3.72. The first kappa shape index (κ1) is 24.8. The van der Waals surface area contributed by atoms with Gasteiger partial charge in [-0.05, 0) is 44.4 Å². The average molecular weight is 493 g/mol. The molecule has 0 spiro atoms. The number of hydrogen-bond acceptors (Lipinski definition) is 5. The van der Waals surface area contributed by atoms with E-state index < -0.39 is 10.0 Å². The van der Waals surface area contributed by atoms with Crippen molar-refractivity contribution in [2.75, 3.05) is 26.3 Å². The van der Waals surface area contributed by atoms with E-state index in [1.165, 1.54) is 21.1 Å². The second kappa shape index (κ2) is 10.5. The number of rotatable bonds is 7. The summed E-state index contributed by atoms with van der Waals surface area (Å²) < 4.78 is 48.1. The van der Waals surface area contributed by atoms with Crippen LogP contribution in [0, 0.1) is 19.7 Å². The lowest BCUT2D eigenvalue weighted by molar-refractivity contribution is -0.135. The number of morpholine rings is 1. The first-order chi connectivity index (χ1) is 16.3. The van der Waals surface area contributed by atoms with Gasteiger partial charge in [-0.25, -0.2) is 12.8 Å². The van der Waals surface area contributed by atoms with Crippen LogP contribution in [0.3, 0.4) is 0 Å². The molecule has 1 saturated carbocycles. The third-order valence-corrected chi connectivity index (χ3v) is 8.92. The van der Waals surface area contributed by atoms with Gasteiger partial charge < -0.3 is 9.64 Å². The Kier molecular flexibility index (Phi) is 7.69. The molecule has 2 aliphatic rings. The van der Waals surface area contributed by atoms with E-state index in [1.54, 1.807) is 26.0 Å². The van der Waals surface area contributed by atoms with E-state index in [0.29, 0.717) is 44.2 Å². The molecule has 0 unspecified atom stereocenters. The van der Waals surface area contributed by atoms with Gasteiger partial charge >= 0.3 is 0 Å². The lowest BCUT2D eigenvalue weighted by Crippen LogP contribution is -2.43. The molecule has 2 heterocycles. The molecule has 4 rings (SSSR count). The first-order valence-electron chi connectivity index (χ1n) is 11.9. The number of amides is 1. The molecule has 10 heteroatoms. The quantitative estimate of drug-likeness (QED) is 0.593. The van der Waals surface area contributed by atoms with Gasteiger partial charge in [0.2, 0.25) is 15.9 Å². The first-order valence-corrected chi connectivity index (χ1v) is 13.4. The van der Waals surface area contributed by atoms with Crippen LogP contribution in [0.5, 0.6) is 0 Å². The van der Waals surface area contributed by atoms with Gasteiger partial charge in [-0.15, -0.1) is 0 Å². The van der Waals surface area contributed by atoms with Crippen LogP contribution in [0.25, 0.3) is 0 Å². The minimum atomic E-state index is -3.72. The highest BCUT2D eigenvalue weighted by atomic mass is 32.2. The molecule has 1 saturated heterocycles. The molecule has 8 nitrogen and oxygen atoms in total. The number of carbonyl (C=O) groups excluding carboxylic acids is 1. The van der Waals surface area contributed by atoms with Crippen LogP contribution < -0.4 is 0 Å². The maximum absolute atomic E-state index is 13.5. The van der Waals surface area contributed by atoms with Gasteiger partial charge in [0, 0.05) is 25.7 Å². The van der Waals surface area contributed by atoms with Crippen molar-refractivity contribution in [3.63, 3.8) is 0 Å². The molecule has 0 atom stereocenters. The van der Waals surface area contributed by atoms with E-state index in [4.69, 9.17) is 4.74 Å². The molecular weight excluding hydrogens is 459 g/mol. The minimum Gasteiger partial charge on any atom is -0.379 e. The molecule has 34 heavy (non-hydrogen) atoms. The third kappa shape index (κ3) is 5.34. The highest BCUT2D eigenvalue weighted by Crippen LogP contribution is 2.27. The van der Waals surface area contributed by atoms with Crippen LogP contribution in [-0.2, 0) is 32.6 Å². The zero-order valence-electron chi connectivity index (χ0n) is 19.9. The molecule has 0 N–H and O–H groups in total. The minimum absolute atomic E-state index is 0.0387. The maximum Gasteiger partial charge on any atom is 0.246 e. The highest BCUT2D eigenvalue weighted by molar-refractivity contribution is 7.89. The molecule has 0 bridgehead atoms. The molecule has 1 aromatic heterocycles. The summed E-state index contributed by atoms with van der Waals surface area (Å²) in [4.78, 5) is 15.6. The number of benzene rings is 1. The van der Waals surface area contributed by atoms with Gasteiger partial charge in [0.1, 0.15) is 17.3 Å². The number of sulfonamides is 1. The van der Waals surface area contributed by atoms with Crippen LogP contribution >= 0.6 is 0 Å². The van der Waals surface area contributed by atoms with Gasteiger partial charge in [-0.1, -0.05) is 31.4 Å². The van der Waals surface area contributed by atoms with Gasteiger partial charge in [-0.3, -0.25) is 9.48 Å². The Morgan fingerprint density at radius 1 is 1.12 bits per heavy atom. The van der Waals surface area contributed by atoms with Gasteiger partial charge in [0.15, 0.2) is 0 Å². The Labute approximate surface area is 200 Å². The number of nitrogens with zero attached hydrogens (tertiary/aromatic N) is 4. The number of aromatic nitrogens is 2. The molecule has 0 radical (unpaired) electrons. The fourth-order valence-electron chi connectivity index (χ4n) is 4.94. The molecule has 1 aliphatic heterocycles. The van der Waals surface area contributed by atoms with Crippen molar-refractivity contribution in [1.29, 1.82) is 0 Å². The van der Waals surface area contributed by atoms with Crippen molar-refractivity contribution in [3.8, 4) is 0 Å². The molecule has 2 fully saturated rings. The Bertz CT molecular complexity index is 1100. The highest BCUT2D eigenvalue weighted by Gasteiger charge is 2.33. The Hall–Kier alpha value is -2.30. The molecular formula is C24H33FN4O4S. The van der Waals surface area contributed by atoms with Crippen molar-refractivity contribution < 1.29 is 22.3 Å². The predicted octanol–water partition coefficient (Wildman–Crippen LogP) is 3.02. The number of hydrogen-bond donors (Lipinski definition) is 0. The fourth-order valence-corrected chi connectivity index (χ4v) is 6.72. The second-order valence-electron chi connectivity index (χ2n) is 9.11.